The normalized spacial score (nSPS) is 13.9. The molecule has 2 aromatic heterocycles. The number of ether oxygens (including phenoxy) is 2. The summed E-state index contributed by atoms with van der Waals surface area (Å²) >= 11 is 0. The molecular weight excluding hydrogens is 744 g/mol. The summed E-state index contributed by atoms with van der Waals surface area (Å²) in [6.07, 6.45) is 0. The topological polar surface area (TPSA) is 31.6 Å². The zero-order chi connectivity index (χ0) is 40.7. The maximum atomic E-state index is 7.50. The molecule has 0 saturated heterocycles. The van der Waals surface area contributed by atoms with Crippen LogP contribution in [0.4, 0.5) is 17.1 Å². The van der Waals surface area contributed by atoms with E-state index in [1.54, 1.807) is 0 Å². The average Bonchev–Trinajstić information content (AvgIpc) is 3.76. The van der Waals surface area contributed by atoms with Crippen LogP contribution in [-0.2, 0) is 0 Å². The Bertz CT molecular complexity index is 3430. The van der Waals surface area contributed by atoms with Crippen molar-refractivity contribution in [2.24, 2.45) is 0 Å². The van der Waals surface area contributed by atoms with Crippen molar-refractivity contribution in [1.29, 1.82) is 0 Å². The number of anilines is 3. The highest BCUT2D eigenvalue weighted by atomic mass is 16.5. The molecule has 288 valence electrons. The van der Waals surface area contributed by atoms with Gasteiger partial charge in [-0.3, -0.25) is 4.90 Å². The first-order valence-corrected chi connectivity index (χ1v) is 21.5. The lowest BCUT2D eigenvalue weighted by atomic mass is 9.39. The molecular formula is C54H39B2N3O2. The number of hydrogen-bond donors (Lipinski definition) is 0. The summed E-state index contributed by atoms with van der Waals surface area (Å²) in [6, 6.07) is 47.1. The number of aryl methyl sites for hydroxylation is 6. The van der Waals surface area contributed by atoms with Crippen LogP contribution in [-0.4, -0.2) is 22.7 Å². The van der Waals surface area contributed by atoms with Crippen molar-refractivity contribution in [2.45, 2.75) is 41.5 Å². The van der Waals surface area contributed by atoms with Crippen LogP contribution in [0.25, 0.3) is 54.7 Å². The third-order valence-corrected chi connectivity index (χ3v) is 14.3. The van der Waals surface area contributed by atoms with Crippen molar-refractivity contribution >= 4 is 96.2 Å². The summed E-state index contributed by atoms with van der Waals surface area (Å²) in [5.74, 6) is 3.40. The lowest BCUT2D eigenvalue weighted by Gasteiger charge is -2.44. The van der Waals surface area contributed by atoms with Crippen molar-refractivity contribution in [3.05, 3.63) is 161 Å². The molecule has 0 atom stereocenters. The van der Waals surface area contributed by atoms with E-state index in [0.29, 0.717) is 0 Å². The number of para-hydroxylation sites is 6. The van der Waals surface area contributed by atoms with E-state index in [1.807, 2.05) is 0 Å². The largest absolute Gasteiger partial charge is 0.453 e. The second-order valence-electron chi connectivity index (χ2n) is 17.9. The molecule has 8 aromatic carbocycles. The molecule has 0 radical (unpaired) electrons. The molecule has 0 bridgehead atoms. The van der Waals surface area contributed by atoms with E-state index in [0.717, 1.165) is 40.1 Å². The van der Waals surface area contributed by atoms with Gasteiger partial charge in [-0.15, -0.1) is 0 Å². The molecule has 6 heterocycles. The van der Waals surface area contributed by atoms with Gasteiger partial charge < -0.3 is 18.4 Å². The van der Waals surface area contributed by atoms with Gasteiger partial charge in [-0.25, -0.2) is 0 Å². The number of nitrogens with zero attached hydrogens (tertiary/aromatic N) is 3. The fourth-order valence-electron chi connectivity index (χ4n) is 12.4. The minimum atomic E-state index is -0.205. The van der Waals surface area contributed by atoms with Crippen LogP contribution in [0.3, 0.4) is 0 Å². The number of hydrogen-bond acceptors (Lipinski definition) is 3. The third kappa shape index (κ3) is 4.01. The second kappa shape index (κ2) is 11.4. The Balaban J connectivity index is 1.30. The van der Waals surface area contributed by atoms with Crippen molar-refractivity contribution in [3.63, 3.8) is 0 Å². The summed E-state index contributed by atoms with van der Waals surface area (Å²) in [6.45, 7) is 13.2. The third-order valence-electron chi connectivity index (χ3n) is 14.3. The van der Waals surface area contributed by atoms with Crippen molar-refractivity contribution in [3.8, 4) is 34.1 Å². The predicted molar refractivity (Wildman–Crippen MR) is 255 cm³/mol. The van der Waals surface area contributed by atoms with Crippen LogP contribution in [0.5, 0.6) is 23.0 Å². The molecule has 0 amide bonds. The number of aromatic nitrogens is 2. The Hall–Kier alpha value is -7.11. The predicted octanol–water partition coefficient (Wildman–Crippen LogP) is 11.0. The van der Waals surface area contributed by atoms with E-state index in [9.17, 15) is 0 Å². The van der Waals surface area contributed by atoms with Crippen LogP contribution < -0.4 is 36.2 Å². The maximum Gasteiger partial charge on any atom is 0.333 e. The molecule has 0 saturated carbocycles. The lowest BCUT2D eigenvalue weighted by molar-refractivity contribution is 0.450. The van der Waals surface area contributed by atoms with Crippen molar-refractivity contribution in [1.82, 2.24) is 8.96 Å². The quantitative estimate of drug-likeness (QED) is 0.164. The Morgan fingerprint density at radius 1 is 0.410 bits per heavy atom. The van der Waals surface area contributed by atoms with Crippen LogP contribution in [0.15, 0.2) is 127 Å². The zero-order valence-electron chi connectivity index (χ0n) is 34.9. The molecule has 0 N–H and O–H groups in total. The summed E-state index contributed by atoms with van der Waals surface area (Å²) < 4.78 is 20.4. The fourth-order valence-corrected chi connectivity index (χ4v) is 12.4. The first-order valence-electron chi connectivity index (χ1n) is 21.5. The SMILES string of the molecule is Cc1cc(C)c(B2c3c4c5c(c6c3-c3c7c(cc8c9ccccc9n(c38)B6c3c(C)cc(C)cc3C)c3ccccc3n72)Oc2ccccc2N5c2ccccc2O4)c(C)c1. The minimum absolute atomic E-state index is 0.205. The van der Waals surface area contributed by atoms with Gasteiger partial charge in [-0.1, -0.05) is 118 Å². The Morgan fingerprint density at radius 3 is 1.28 bits per heavy atom. The minimum Gasteiger partial charge on any atom is -0.453 e. The smallest absolute Gasteiger partial charge is 0.333 e. The number of benzene rings is 8. The first-order chi connectivity index (χ1) is 29.8. The van der Waals surface area contributed by atoms with Gasteiger partial charge in [0.05, 0.1) is 11.4 Å². The average molecular weight is 784 g/mol. The van der Waals surface area contributed by atoms with E-state index in [-0.39, 0.29) is 13.7 Å². The summed E-state index contributed by atoms with van der Waals surface area (Å²) in [4.78, 5) is 2.43. The highest BCUT2D eigenvalue weighted by Crippen LogP contribution is 2.61. The Labute approximate surface area is 354 Å². The molecule has 10 aromatic rings. The molecule has 61 heavy (non-hydrogen) atoms. The summed E-state index contributed by atoms with van der Waals surface area (Å²) in [5, 5.41) is 5.07. The molecule has 0 aliphatic carbocycles. The van der Waals surface area contributed by atoms with Crippen molar-refractivity contribution in [2.75, 3.05) is 4.90 Å². The van der Waals surface area contributed by atoms with Gasteiger partial charge >= 0.3 is 13.7 Å². The van der Waals surface area contributed by atoms with E-state index in [2.05, 4.69) is 183 Å². The van der Waals surface area contributed by atoms with Gasteiger partial charge in [0, 0.05) is 60.1 Å². The van der Waals surface area contributed by atoms with Gasteiger partial charge in [0.2, 0.25) is 0 Å². The summed E-state index contributed by atoms with van der Waals surface area (Å²) in [7, 11) is 0. The summed E-state index contributed by atoms with van der Waals surface area (Å²) in [5.41, 5.74) is 23.1. The van der Waals surface area contributed by atoms with Crippen molar-refractivity contribution < 1.29 is 9.47 Å². The molecule has 7 heteroatoms. The molecule has 4 aliphatic rings. The zero-order valence-corrected chi connectivity index (χ0v) is 34.9. The fraction of sp³-hybridized carbons (Fsp3) is 0.111. The molecule has 0 spiro atoms. The lowest BCUT2D eigenvalue weighted by Crippen LogP contribution is -2.60. The van der Waals surface area contributed by atoms with Gasteiger partial charge in [0.1, 0.15) is 5.69 Å². The van der Waals surface area contributed by atoms with Gasteiger partial charge in [-0.2, -0.15) is 0 Å². The second-order valence-corrected chi connectivity index (χ2v) is 17.9. The highest BCUT2D eigenvalue weighted by Gasteiger charge is 2.52. The molecule has 0 unspecified atom stereocenters. The van der Waals surface area contributed by atoms with E-state index in [4.69, 9.17) is 9.47 Å². The standard InChI is InChI=1S/C54H39B2N3O2/c1-28-23-30(3)46(31(4)24-28)55-48-44-45-50-36(34-15-7-9-17-38(34)58(50)55)27-37-35-16-8-10-18-39(35)59(51(37)45)56(47-32(5)25-29(2)26-33(47)6)49(44)54-52-53(48)60-42-21-13-11-19-40(42)57(52)41-20-12-14-22-43(41)61-54/h7-27H,1-6H3. The highest BCUT2D eigenvalue weighted by molar-refractivity contribution is 6.93. The van der Waals surface area contributed by atoms with Crippen LogP contribution in [0.1, 0.15) is 33.4 Å². The van der Waals surface area contributed by atoms with Crippen LogP contribution >= 0.6 is 0 Å². The number of rotatable bonds is 2. The van der Waals surface area contributed by atoms with Gasteiger partial charge in [-0.05, 0) is 100 Å². The van der Waals surface area contributed by atoms with E-state index in [1.165, 1.54) is 110 Å². The van der Waals surface area contributed by atoms with Crippen LogP contribution in [0, 0.1) is 41.5 Å². The maximum absolute atomic E-state index is 7.50. The van der Waals surface area contributed by atoms with E-state index >= 15 is 0 Å². The Kier molecular flexibility index (Phi) is 6.28. The van der Waals surface area contributed by atoms with E-state index < -0.39 is 0 Å². The molecule has 0 fully saturated rings. The first kappa shape index (κ1) is 33.7. The monoisotopic (exact) mass is 783 g/mol. The number of fused-ring (bicyclic) bond motifs is 12. The molecule has 4 aliphatic heterocycles. The molecule has 5 nitrogen and oxygen atoms in total. The van der Waals surface area contributed by atoms with Crippen LogP contribution in [0.2, 0.25) is 0 Å². The van der Waals surface area contributed by atoms with Gasteiger partial charge in [0.15, 0.2) is 23.0 Å². The Morgan fingerprint density at radius 2 is 0.820 bits per heavy atom. The van der Waals surface area contributed by atoms with Gasteiger partial charge in [0.25, 0.3) is 0 Å². The molecule has 14 rings (SSSR count).